The average molecular weight is 110 g/mol. The van der Waals surface area contributed by atoms with E-state index >= 15 is 0 Å². The smallest absolute Gasteiger partial charge is 0.312 e. The summed E-state index contributed by atoms with van der Waals surface area (Å²) in [5.74, 6) is 0. The predicted octanol–water partition coefficient (Wildman–Crippen LogP) is -0.243. The van der Waals surface area contributed by atoms with Crippen LogP contribution in [0.3, 0.4) is 0 Å². The molecule has 0 spiro atoms. The van der Waals surface area contributed by atoms with Crippen LogP contribution < -0.4 is 11.1 Å². The summed E-state index contributed by atoms with van der Waals surface area (Å²) in [5, 5.41) is 2.23. The molecule has 0 aromatic carbocycles. The molecule has 0 rings (SSSR count). The molecule has 0 saturated heterocycles. The summed E-state index contributed by atoms with van der Waals surface area (Å²) in [4.78, 5) is 0. The molecule has 0 radical (unpaired) electrons. The van der Waals surface area contributed by atoms with Crippen LogP contribution in [0, 0.1) is 0 Å². The average Bonchev–Trinajstić information content (AvgIpc) is 1.30. The van der Waals surface area contributed by atoms with E-state index in [0.29, 0.717) is 0 Å². The maximum Gasteiger partial charge on any atom is 0.312 e. The van der Waals surface area contributed by atoms with E-state index in [1.807, 2.05) is 0 Å². The standard InChI is InChI=1S/C3H8F2N2/c1-7-2-3(4,5)6/h7H,2,6H2,1H3. The van der Waals surface area contributed by atoms with Crippen LogP contribution in [0.4, 0.5) is 8.78 Å². The first-order valence-electron chi connectivity index (χ1n) is 1.87. The molecule has 7 heavy (non-hydrogen) atoms. The highest BCUT2D eigenvalue weighted by molar-refractivity contribution is 4.55. The second-order valence-corrected chi connectivity index (χ2v) is 1.29. The Hall–Kier alpha value is -0.220. The van der Waals surface area contributed by atoms with Crippen molar-refractivity contribution in [1.82, 2.24) is 5.32 Å². The Morgan fingerprint density at radius 1 is 1.71 bits per heavy atom. The summed E-state index contributed by atoms with van der Waals surface area (Å²) < 4.78 is 22.9. The highest BCUT2D eigenvalue weighted by Gasteiger charge is 2.18. The Balaban J connectivity index is 3.15. The highest BCUT2D eigenvalue weighted by atomic mass is 19.3. The molecule has 0 heterocycles. The van der Waals surface area contributed by atoms with Crippen molar-refractivity contribution in [3.05, 3.63) is 0 Å². The molecule has 2 nitrogen and oxygen atoms in total. The lowest BCUT2D eigenvalue weighted by atomic mass is 10.6. The zero-order chi connectivity index (χ0) is 5.91. The largest absolute Gasteiger partial charge is 0.313 e. The molecule has 3 N–H and O–H groups in total. The van der Waals surface area contributed by atoms with Gasteiger partial charge in [-0.15, -0.1) is 0 Å². The van der Waals surface area contributed by atoms with Crippen molar-refractivity contribution in [2.24, 2.45) is 5.73 Å². The van der Waals surface area contributed by atoms with Crippen LogP contribution in [0.5, 0.6) is 0 Å². The third-order valence-electron chi connectivity index (χ3n) is 0.412. The predicted molar refractivity (Wildman–Crippen MR) is 23.1 cm³/mol. The van der Waals surface area contributed by atoms with Crippen LogP contribution in [-0.2, 0) is 0 Å². The van der Waals surface area contributed by atoms with Crippen LogP contribution in [-0.4, -0.2) is 19.6 Å². The van der Waals surface area contributed by atoms with Crippen LogP contribution >= 0.6 is 0 Å². The van der Waals surface area contributed by atoms with E-state index in [2.05, 4.69) is 11.1 Å². The fraction of sp³-hybridized carbons (Fsp3) is 1.00. The molecular weight excluding hydrogens is 102 g/mol. The minimum atomic E-state index is -3.06. The molecule has 0 unspecified atom stereocenters. The third kappa shape index (κ3) is 5.78. The van der Waals surface area contributed by atoms with Crippen LogP contribution in [0.1, 0.15) is 0 Å². The summed E-state index contributed by atoms with van der Waals surface area (Å²) in [7, 11) is 1.42. The lowest BCUT2D eigenvalue weighted by molar-refractivity contribution is 0.0110. The van der Waals surface area contributed by atoms with Crippen molar-refractivity contribution in [3.63, 3.8) is 0 Å². The van der Waals surface area contributed by atoms with Crippen LogP contribution in [0.15, 0.2) is 0 Å². The van der Waals surface area contributed by atoms with Gasteiger partial charge < -0.3 is 5.32 Å². The van der Waals surface area contributed by atoms with Crippen molar-refractivity contribution in [1.29, 1.82) is 0 Å². The molecule has 0 aliphatic rings. The van der Waals surface area contributed by atoms with E-state index in [1.165, 1.54) is 7.05 Å². The molecular formula is C3H8F2N2. The number of alkyl halides is 2. The van der Waals surface area contributed by atoms with Gasteiger partial charge in [0.15, 0.2) is 0 Å². The van der Waals surface area contributed by atoms with Crippen molar-refractivity contribution in [3.8, 4) is 0 Å². The first kappa shape index (κ1) is 6.78. The quantitative estimate of drug-likeness (QED) is 0.481. The van der Waals surface area contributed by atoms with E-state index < -0.39 is 12.6 Å². The number of nitrogens with one attached hydrogen (secondary N) is 1. The van der Waals surface area contributed by atoms with Crippen molar-refractivity contribution in [2.75, 3.05) is 13.6 Å². The Kier molecular flexibility index (Phi) is 2.11. The van der Waals surface area contributed by atoms with Crippen LogP contribution in [0.2, 0.25) is 0 Å². The number of hydrogen-bond donors (Lipinski definition) is 2. The first-order chi connectivity index (χ1) is 3.06. The molecule has 0 bridgehead atoms. The second kappa shape index (κ2) is 2.18. The summed E-state index contributed by atoms with van der Waals surface area (Å²) in [5.41, 5.74) is 4.25. The molecule has 0 amide bonds. The van der Waals surface area contributed by atoms with Gasteiger partial charge in [0.25, 0.3) is 0 Å². The summed E-state index contributed by atoms with van der Waals surface area (Å²) in [6.07, 6.45) is 0. The molecule has 4 heteroatoms. The Morgan fingerprint density at radius 3 is 2.14 bits per heavy atom. The zero-order valence-electron chi connectivity index (χ0n) is 4.04. The number of likely N-dealkylation sites (N-methyl/N-ethyl adjacent to an activating group) is 1. The minimum absolute atomic E-state index is 0.465. The normalized spacial score (nSPS) is 12.0. The van der Waals surface area contributed by atoms with E-state index in [4.69, 9.17) is 0 Å². The van der Waals surface area contributed by atoms with E-state index in [-0.39, 0.29) is 0 Å². The number of nitrogens with two attached hydrogens (primary N) is 1. The monoisotopic (exact) mass is 110 g/mol. The lowest BCUT2D eigenvalue weighted by Gasteiger charge is -2.06. The summed E-state index contributed by atoms with van der Waals surface area (Å²) in [6.45, 7) is -0.465. The van der Waals surface area contributed by atoms with Crippen molar-refractivity contribution in [2.45, 2.75) is 6.05 Å². The molecule has 44 valence electrons. The molecule has 0 saturated carbocycles. The molecule has 0 aliphatic heterocycles. The van der Waals surface area contributed by atoms with Crippen LogP contribution in [0.25, 0.3) is 0 Å². The van der Waals surface area contributed by atoms with Gasteiger partial charge >= 0.3 is 6.05 Å². The van der Waals surface area contributed by atoms with Gasteiger partial charge in [-0.3, -0.25) is 5.73 Å². The van der Waals surface area contributed by atoms with Gasteiger partial charge in [-0.1, -0.05) is 0 Å². The van der Waals surface area contributed by atoms with Gasteiger partial charge in [0, 0.05) is 0 Å². The maximum atomic E-state index is 11.4. The number of halogens is 2. The SMILES string of the molecule is CNCC(N)(F)F. The topological polar surface area (TPSA) is 38.0 Å². The lowest BCUT2D eigenvalue weighted by Crippen LogP contribution is -2.38. The van der Waals surface area contributed by atoms with E-state index in [1.54, 1.807) is 0 Å². The van der Waals surface area contributed by atoms with Gasteiger partial charge in [-0.25, -0.2) is 0 Å². The Labute approximate surface area is 40.7 Å². The van der Waals surface area contributed by atoms with Gasteiger partial charge in [0.1, 0.15) is 0 Å². The Morgan fingerprint density at radius 2 is 2.14 bits per heavy atom. The molecule has 0 aromatic heterocycles. The summed E-state index contributed by atoms with van der Waals surface area (Å²) >= 11 is 0. The maximum absolute atomic E-state index is 11.4. The molecule has 0 aliphatic carbocycles. The first-order valence-corrected chi connectivity index (χ1v) is 1.87. The van der Waals surface area contributed by atoms with Crippen molar-refractivity contribution < 1.29 is 8.78 Å². The zero-order valence-corrected chi connectivity index (χ0v) is 4.04. The second-order valence-electron chi connectivity index (χ2n) is 1.29. The Bertz CT molecular complexity index is 49.4. The highest BCUT2D eigenvalue weighted by Crippen LogP contribution is 1.99. The molecule has 0 fully saturated rings. The van der Waals surface area contributed by atoms with Crippen molar-refractivity contribution >= 4 is 0 Å². The van der Waals surface area contributed by atoms with Gasteiger partial charge in [-0.2, -0.15) is 8.78 Å². The molecule has 0 aromatic rings. The van der Waals surface area contributed by atoms with E-state index in [9.17, 15) is 8.78 Å². The third-order valence-corrected chi connectivity index (χ3v) is 0.412. The molecule has 0 atom stereocenters. The van der Waals surface area contributed by atoms with Gasteiger partial charge in [-0.05, 0) is 7.05 Å². The fourth-order valence-corrected chi connectivity index (χ4v) is 0.236. The minimum Gasteiger partial charge on any atom is -0.313 e. The number of hydrogen-bond acceptors (Lipinski definition) is 2. The number of rotatable bonds is 2. The van der Waals surface area contributed by atoms with Gasteiger partial charge in [0.05, 0.1) is 6.54 Å². The van der Waals surface area contributed by atoms with E-state index in [0.717, 1.165) is 0 Å². The van der Waals surface area contributed by atoms with Gasteiger partial charge in [0.2, 0.25) is 0 Å². The fourth-order valence-electron chi connectivity index (χ4n) is 0.236. The summed E-state index contributed by atoms with van der Waals surface area (Å²) in [6, 6.07) is -3.06.